The summed E-state index contributed by atoms with van der Waals surface area (Å²) in [4.78, 5) is 0. The first-order chi connectivity index (χ1) is 6.71. The van der Waals surface area contributed by atoms with Gasteiger partial charge in [0.25, 0.3) is 0 Å². The van der Waals surface area contributed by atoms with Crippen molar-refractivity contribution >= 4 is 0 Å². The number of methoxy groups -OCH3 is 2. The topological polar surface area (TPSA) is 44.5 Å². The van der Waals surface area contributed by atoms with Crippen LogP contribution in [0.2, 0.25) is 0 Å². The fourth-order valence-electron chi connectivity index (χ4n) is 1.16. The van der Waals surface area contributed by atoms with Gasteiger partial charge in [0, 0.05) is 12.1 Å². The van der Waals surface area contributed by atoms with Crippen molar-refractivity contribution in [3.63, 3.8) is 0 Å². The zero-order chi connectivity index (χ0) is 10.6. The van der Waals surface area contributed by atoms with Gasteiger partial charge in [0.2, 0.25) is 0 Å². The van der Waals surface area contributed by atoms with Crippen LogP contribution in [-0.2, 0) is 0 Å². The van der Waals surface area contributed by atoms with E-state index in [2.05, 4.69) is 6.58 Å². The van der Waals surface area contributed by atoms with Crippen molar-refractivity contribution in [2.45, 2.75) is 6.04 Å². The van der Waals surface area contributed by atoms with Crippen molar-refractivity contribution in [3.8, 4) is 11.5 Å². The normalized spacial score (nSPS) is 11.9. The Labute approximate surface area is 84.1 Å². The maximum Gasteiger partial charge on any atom is 0.122 e. The minimum Gasteiger partial charge on any atom is -0.497 e. The SMILES string of the molecule is C=C[C@@H](N)c1cc(OC)cc(OC)c1. The van der Waals surface area contributed by atoms with Crippen LogP contribution >= 0.6 is 0 Å². The van der Waals surface area contributed by atoms with Gasteiger partial charge in [0.15, 0.2) is 0 Å². The molecule has 0 aliphatic carbocycles. The van der Waals surface area contributed by atoms with Crippen molar-refractivity contribution in [3.05, 3.63) is 36.4 Å². The van der Waals surface area contributed by atoms with Crippen molar-refractivity contribution in [2.24, 2.45) is 5.73 Å². The summed E-state index contributed by atoms with van der Waals surface area (Å²) in [6.45, 7) is 3.64. The number of rotatable bonds is 4. The average Bonchev–Trinajstić information content (AvgIpc) is 2.27. The Morgan fingerprint density at radius 1 is 1.21 bits per heavy atom. The first kappa shape index (κ1) is 10.6. The van der Waals surface area contributed by atoms with Gasteiger partial charge in [0.1, 0.15) is 11.5 Å². The molecule has 76 valence electrons. The summed E-state index contributed by atoms with van der Waals surface area (Å²) in [5.74, 6) is 1.47. The molecule has 3 nitrogen and oxygen atoms in total. The van der Waals surface area contributed by atoms with Crippen molar-refractivity contribution in [1.29, 1.82) is 0 Å². The van der Waals surface area contributed by atoms with Gasteiger partial charge >= 0.3 is 0 Å². The lowest BCUT2D eigenvalue weighted by Crippen LogP contribution is -2.06. The van der Waals surface area contributed by atoms with Crippen LogP contribution in [0.1, 0.15) is 11.6 Å². The van der Waals surface area contributed by atoms with Gasteiger partial charge in [-0.15, -0.1) is 6.58 Å². The number of benzene rings is 1. The Hall–Kier alpha value is -1.48. The molecule has 0 aromatic heterocycles. The van der Waals surface area contributed by atoms with E-state index in [1.165, 1.54) is 0 Å². The van der Waals surface area contributed by atoms with Gasteiger partial charge in [0.05, 0.1) is 14.2 Å². The molecule has 1 atom stereocenters. The number of nitrogens with two attached hydrogens (primary N) is 1. The van der Waals surface area contributed by atoms with Crippen LogP contribution in [0.3, 0.4) is 0 Å². The van der Waals surface area contributed by atoms with Gasteiger partial charge in [-0.3, -0.25) is 0 Å². The molecule has 0 amide bonds. The lowest BCUT2D eigenvalue weighted by atomic mass is 10.1. The zero-order valence-electron chi connectivity index (χ0n) is 8.49. The minimum absolute atomic E-state index is 0.195. The van der Waals surface area contributed by atoms with E-state index >= 15 is 0 Å². The second kappa shape index (κ2) is 4.67. The fourth-order valence-corrected chi connectivity index (χ4v) is 1.16. The van der Waals surface area contributed by atoms with Crippen molar-refractivity contribution in [2.75, 3.05) is 14.2 Å². The molecular formula is C11H15NO2. The smallest absolute Gasteiger partial charge is 0.122 e. The third-order valence-electron chi connectivity index (χ3n) is 2.01. The summed E-state index contributed by atoms with van der Waals surface area (Å²) in [7, 11) is 3.22. The van der Waals surface area contributed by atoms with Crippen LogP contribution in [0.25, 0.3) is 0 Å². The molecule has 2 N–H and O–H groups in total. The van der Waals surface area contributed by atoms with Crippen LogP contribution in [0.4, 0.5) is 0 Å². The van der Waals surface area contributed by atoms with E-state index in [1.54, 1.807) is 26.4 Å². The summed E-state index contributed by atoms with van der Waals surface area (Å²) in [6.07, 6.45) is 1.67. The Morgan fingerprint density at radius 3 is 2.07 bits per heavy atom. The highest BCUT2D eigenvalue weighted by Gasteiger charge is 2.05. The molecule has 1 rings (SSSR count). The molecule has 14 heavy (non-hydrogen) atoms. The molecule has 3 heteroatoms. The summed E-state index contributed by atoms with van der Waals surface area (Å²) in [5.41, 5.74) is 6.74. The Bertz CT molecular complexity index is 301. The van der Waals surface area contributed by atoms with Crippen LogP contribution in [0.5, 0.6) is 11.5 Å². The first-order valence-electron chi connectivity index (χ1n) is 4.32. The molecule has 0 spiro atoms. The molecule has 0 bridgehead atoms. The number of hydrogen-bond acceptors (Lipinski definition) is 3. The van der Waals surface area contributed by atoms with Crippen molar-refractivity contribution in [1.82, 2.24) is 0 Å². The van der Waals surface area contributed by atoms with Gasteiger partial charge in [-0.05, 0) is 17.7 Å². The summed E-state index contributed by atoms with van der Waals surface area (Å²) >= 11 is 0. The Balaban J connectivity index is 3.09. The summed E-state index contributed by atoms with van der Waals surface area (Å²) in [5, 5.41) is 0. The largest absolute Gasteiger partial charge is 0.497 e. The Kier molecular flexibility index (Phi) is 3.54. The van der Waals surface area contributed by atoms with Gasteiger partial charge < -0.3 is 15.2 Å². The molecule has 1 aromatic carbocycles. The van der Waals surface area contributed by atoms with Gasteiger partial charge in [-0.2, -0.15) is 0 Å². The van der Waals surface area contributed by atoms with Gasteiger partial charge in [-0.1, -0.05) is 6.08 Å². The van der Waals surface area contributed by atoms with Crippen molar-refractivity contribution < 1.29 is 9.47 Å². The molecule has 0 saturated heterocycles. The maximum absolute atomic E-state index is 5.81. The maximum atomic E-state index is 5.81. The lowest BCUT2D eigenvalue weighted by molar-refractivity contribution is 0.393. The van der Waals surface area contributed by atoms with E-state index < -0.39 is 0 Å². The van der Waals surface area contributed by atoms with E-state index in [9.17, 15) is 0 Å². The molecule has 0 fully saturated rings. The number of ether oxygens (including phenoxy) is 2. The molecule has 0 aliphatic rings. The van der Waals surface area contributed by atoms with E-state index in [1.807, 2.05) is 12.1 Å². The second-order valence-corrected chi connectivity index (χ2v) is 2.91. The van der Waals surface area contributed by atoms with Crippen LogP contribution in [-0.4, -0.2) is 14.2 Å². The highest BCUT2D eigenvalue weighted by Crippen LogP contribution is 2.25. The summed E-state index contributed by atoms with van der Waals surface area (Å²) < 4.78 is 10.2. The van der Waals surface area contributed by atoms with Gasteiger partial charge in [-0.25, -0.2) is 0 Å². The molecule has 0 unspecified atom stereocenters. The fraction of sp³-hybridized carbons (Fsp3) is 0.273. The lowest BCUT2D eigenvalue weighted by Gasteiger charge is -2.11. The monoisotopic (exact) mass is 193 g/mol. The standard InChI is InChI=1S/C11H15NO2/c1-4-11(12)8-5-9(13-2)7-10(6-8)14-3/h4-7,11H,1,12H2,2-3H3/t11-/m1/s1. The van der Waals surface area contributed by atoms with E-state index in [0.29, 0.717) is 0 Å². The molecule has 0 saturated carbocycles. The first-order valence-corrected chi connectivity index (χ1v) is 4.32. The second-order valence-electron chi connectivity index (χ2n) is 2.91. The van der Waals surface area contributed by atoms with E-state index in [0.717, 1.165) is 17.1 Å². The molecule has 0 heterocycles. The quantitative estimate of drug-likeness (QED) is 0.743. The molecule has 1 aromatic rings. The van der Waals surface area contributed by atoms with E-state index in [4.69, 9.17) is 15.2 Å². The van der Waals surface area contributed by atoms with Crippen LogP contribution in [0.15, 0.2) is 30.9 Å². The third-order valence-corrected chi connectivity index (χ3v) is 2.01. The zero-order valence-corrected chi connectivity index (χ0v) is 8.49. The third kappa shape index (κ3) is 2.26. The molecular weight excluding hydrogens is 178 g/mol. The minimum atomic E-state index is -0.195. The summed E-state index contributed by atoms with van der Waals surface area (Å²) in [6, 6.07) is 5.35. The highest BCUT2D eigenvalue weighted by atomic mass is 16.5. The molecule has 0 radical (unpaired) electrons. The molecule has 0 aliphatic heterocycles. The van der Waals surface area contributed by atoms with Crippen LogP contribution < -0.4 is 15.2 Å². The Morgan fingerprint density at radius 2 is 1.71 bits per heavy atom. The van der Waals surface area contributed by atoms with E-state index in [-0.39, 0.29) is 6.04 Å². The highest BCUT2D eigenvalue weighted by molar-refractivity contribution is 5.40. The van der Waals surface area contributed by atoms with Crippen LogP contribution in [0, 0.1) is 0 Å². The number of hydrogen-bond donors (Lipinski definition) is 1. The average molecular weight is 193 g/mol. The predicted molar refractivity (Wildman–Crippen MR) is 56.7 cm³/mol. The predicted octanol–water partition coefficient (Wildman–Crippen LogP) is 1.89.